The van der Waals surface area contributed by atoms with E-state index in [0.29, 0.717) is 6.54 Å². The van der Waals surface area contributed by atoms with E-state index in [-0.39, 0.29) is 12.3 Å². The number of nitriles is 1. The minimum Gasteiger partial charge on any atom is -0.355 e. The van der Waals surface area contributed by atoms with Crippen LogP contribution in [0.25, 0.3) is 0 Å². The van der Waals surface area contributed by atoms with Gasteiger partial charge >= 0.3 is 0 Å². The van der Waals surface area contributed by atoms with E-state index in [1.807, 2.05) is 6.07 Å². The number of nitrogens with one attached hydrogen (secondary N) is 1. The van der Waals surface area contributed by atoms with Crippen molar-refractivity contribution in [2.75, 3.05) is 46.3 Å². The molecule has 1 fully saturated rings. The van der Waals surface area contributed by atoms with Crippen molar-refractivity contribution >= 4 is 5.91 Å². The zero-order valence-corrected chi connectivity index (χ0v) is 11.3. The van der Waals surface area contributed by atoms with E-state index in [1.54, 1.807) is 0 Å². The van der Waals surface area contributed by atoms with Crippen molar-refractivity contribution in [2.45, 2.75) is 25.7 Å². The second-order valence-electron chi connectivity index (χ2n) is 4.89. The second-order valence-corrected chi connectivity index (χ2v) is 4.89. The zero-order chi connectivity index (χ0) is 13.2. The van der Waals surface area contributed by atoms with Crippen molar-refractivity contribution in [3.8, 4) is 6.07 Å². The van der Waals surface area contributed by atoms with Gasteiger partial charge in [0.1, 0.15) is 6.42 Å². The van der Waals surface area contributed by atoms with Gasteiger partial charge in [-0.1, -0.05) is 6.42 Å². The molecule has 0 aromatic carbocycles. The molecule has 5 nitrogen and oxygen atoms in total. The van der Waals surface area contributed by atoms with Crippen LogP contribution in [0, 0.1) is 11.3 Å². The van der Waals surface area contributed by atoms with Crippen LogP contribution in [0.5, 0.6) is 0 Å². The van der Waals surface area contributed by atoms with Gasteiger partial charge in [0.15, 0.2) is 0 Å². The van der Waals surface area contributed by atoms with Crippen LogP contribution in [-0.2, 0) is 4.79 Å². The predicted molar refractivity (Wildman–Crippen MR) is 71.0 cm³/mol. The highest BCUT2D eigenvalue weighted by Gasteiger charge is 2.12. The molecule has 1 amide bonds. The first kappa shape index (κ1) is 14.9. The van der Waals surface area contributed by atoms with Gasteiger partial charge in [0.05, 0.1) is 6.07 Å². The van der Waals surface area contributed by atoms with Crippen molar-refractivity contribution in [3.05, 3.63) is 0 Å². The highest BCUT2D eigenvalue weighted by Crippen LogP contribution is 2.02. The Balaban J connectivity index is 1.90. The molecule has 18 heavy (non-hydrogen) atoms. The predicted octanol–water partition coefficient (Wildman–Crippen LogP) is 0.434. The number of rotatable bonds is 7. The lowest BCUT2D eigenvalue weighted by atomic mass is 10.2. The normalized spacial score (nSPS) is 17.3. The number of carbonyl (C=O) groups is 1. The van der Waals surface area contributed by atoms with Crippen LogP contribution in [0.15, 0.2) is 0 Å². The van der Waals surface area contributed by atoms with Crippen molar-refractivity contribution < 1.29 is 4.79 Å². The number of hydrogen-bond donors (Lipinski definition) is 1. The third-order valence-corrected chi connectivity index (χ3v) is 3.31. The fourth-order valence-corrected chi connectivity index (χ4v) is 2.07. The van der Waals surface area contributed by atoms with Crippen molar-refractivity contribution in [1.82, 2.24) is 15.1 Å². The summed E-state index contributed by atoms with van der Waals surface area (Å²) in [4.78, 5) is 15.9. The topological polar surface area (TPSA) is 59.4 Å². The van der Waals surface area contributed by atoms with Crippen LogP contribution in [0.2, 0.25) is 0 Å². The fourth-order valence-electron chi connectivity index (χ4n) is 2.07. The Kier molecular flexibility index (Phi) is 7.38. The Morgan fingerprint density at radius 3 is 2.61 bits per heavy atom. The molecule has 1 rings (SSSR count). The first-order chi connectivity index (χ1) is 8.72. The molecule has 0 aromatic heterocycles. The summed E-state index contributed by atoms with van der Waals surface area (Å²) in [6, 6.07) is 1.84. The number of piperazine rings is 1. The van der Waals surface area contributed by atoms with E-state index < -0.39 is 0 Å². The molecule has 102 valence electrons. The van der Waals surface area contributed by atoms with Crippen molar-refractivity contribution in [3.63, 3.8) is 0 Å². The maximum atomic E-state index is 11.0. The molecule has 0 aliphatic carbocycles. The summed E-state index contributed by atoms with van der Waals surface area (Å²) < 4.78 is 0. The summed E-state index contributed by atoms with van der Waals surface area (Å²) in [5.74, 6) is -0.156. The number of likely N-dealkylation sites (N-methyl/N-ethyl adjacent to an activating group) is 1. The van der Waals surface area contributed by atoms with Gasteiger partial charge in [-0.15, -0.1) is 0 Å². The average molecular weight is 252 g/mol. The lowest BCUT2D eigenvalue weighted by Gasteiger charge is -2.32. The van der Waals surface area contributed by atoms with Crippen LogP contribution in [0.1, 0.15) is 25.7 Å². The maximum Gasteiger partial charge on any atom is 0.234 e. The number of amides is 1. The first-order valence-corrected chi connectivity index (χ1v) is 6.77. The molecule has 0 unspecified atom stereocenters. The highest BCUT2D eigenvalue weighted by atomic mass is 16.1. The summed E-state index contributed by atoms with van der Waals surface area (Å²) in [6.07, 6.45) is 3.31. The largest absolute Gasteiger partial charge is 0.355 e. The van der Waals surface area contributed by atoms with Gasteiger partial charge in [0, 0.05) is 32.7 Å². The number of unbranched alkanes of at least 4 members (excludes halogenated alkanes) is 2. The Morgan fingerprint density at radius 2 is 1.94 bits per heavy atom. The van der Waals surface area contributed by atoms with E-state index in [1.165, 1.54) is 39.1 Å². The Bertz CT molecular complexity index is 279. The third kappa shape index (κ3) is 6.58. The lowest BCUT2D eigenvalue weighted by molar-refractivity contribution is -0.120. The number of carbonyl (C=O) groups excluding carboxylic acids is 1. The van der Waals surface area contributed by atoms with Gasteiger partial charge < -0.3 is 15.1 Å². The average Bonchev–Trinajstić information content (AvgIpc) is 2.36. The molecule has 0 bridgehead atoms. The summed E-state index contributed by atoms with van der Waals surface area (Å²) in [7, 11) is 2.17. The summed E-state index contributed by atoms with van der Waals surface area (Å²) in [6.45, 7) is 6.56. The summed E-state index contributed by atoms with van der Waals surface area (Å²) >= 11 is 0. The number of nitrogens with zero attached hydrogens (tertiary/aromatic N) is 3. The van der Waals surface area contributed by atoms with Crippen LogP contribution in [0.3, 0.4) is 0 Å². The van der Waals surface area contributed by atoms with E-state index in [9.17, 15) is 4.79 Å². The highest BCUT2D eigenvalue weighted by molar-refractivity contribution is 5.77. The van der Waals surface area contributed by atoms with E-state index >= 15 is 0 Å². The zero-order valence-electron chi connectivity index (χ0n) is 11.3. The molecule has 1 saturated heterocycles. The van der Waals surface area contributed by atoms with Gasteiger partial charge in [0.2, 0.25) is 5.91 Å². The van der Waals surface area contributed by atoms with Crippen molar-refractivity contribution in [1.29, 1.82) is 5.26 Å². The Morgan fingerprint density at radius 1 is 1.22 bits per heavy atom. The van der Waals surface area contributed by atoms with Crippen LogP contribution < -0.4 is 5.32 Å². The number of hydrogen-bond acceptors (Lipinski definition) is 4. The Labute approximate surface area is 110 Å². The van der Waals surface area contributed by atoms with Gasteiger partial charge in [-0.2, -0.15) is 5.26 Å². The van der Waals surface area contributed by atoms with Crippen LogP contribution in [-0.4, -0.2) is 62.0 Å². The molecule has 1 heterocycles. The van der Waals surface area contributed by atoms with Gasteiger partial charge in [-0.05, 0) is 26.4 Å². The molecular weight excluding hydrogens is 228 g/mol. The molecule has 1 aliphatic heterocycles. The minimum atomic E-state index is -0.156. The van der Waals surface area contributed by atoms with Crippen LogP contribution in [0.4, 0.5) is 0 Å². The molecular formula is C13H24N4O. The van der Waals surface area contributed by atoms with Gasteiger partial charge in [0.25, 0.3) is 0 Å². The molecule has 5 heteroatoms. The Hall–Kier alpha value is -1.12. The first-order valence-electron chi connectivity index (χ1n) is 6.77. The molecule has 0 spiro atoms. The minimum absolute atomic E-state index is 0.0265. The molecule has 1 aliphatic rings. The third-order valence-electron chi connectivity index (χ3n) is 3.31. The second kappa shape index (κ2) is 8.90. The van der Waals surface area contributed by atoms with E-state index in [2.05, 4.69) is 22.2 Å². The van der Waals surface area contributed by atoms with Crippen molar-refractivity contribution in [2.24, 2.45) is 0 Å². The molecule has 0 radical (unpaired) electrons. The molecule has 0 atom stereocenters. The summed E-state index contributed by atoms with van der Waals surface area (Å²) in [5, 5.41) is 11.1. The summed E-state index contributed by atoms with van der Waals surface area (Å²) in [5.41, 5.74) is 0. The quantitative estimate of drug-likeness (QED) is 0.668. The SMILES string of the molecule is CN1CCN(CCCCCNC(=O)CC#N)CC1. The monoisotopic (exact) mass is 252 g/mol. The van der Waals surface area contributed by atoms with E-state index in [0.717, 1.165) is 12.8 Å². The van der Waals surface area contributed by atoms with Gasteiger partial charge in [-0.3, -0.25) is 4.79 Å². The fraction of sp³-hybridized carbons (Fsp3) is 0.846. The maximum absolute atomic E-state index is 11.0. The molecule has 1 N–H and O–H groups in total. The van der Waals surface area contributed by atoms with E-state index in [4.69, 9.17) is 5.26 Å². The molecule has 0 aromatic rings. The standard InChI is InChI=1S/C13H24N4O/c1-16-9-11-17(12-10-16)8-4-2-3-7-15-13(18)5-6-14/h2-5,7-12H2,1H3,(H,15,18). The molecule has 0 saturated carbocycles. The lowest BCUT2D eigenvalue weighted by Crippen LogP contribution is -2.44. The van der Waals surface area contributed by atoms with Gasteiger partial charge in [-0.25, -0.2) is 0 Å². The smallest absolute Gasteiger partial charge is 0.234 e. The van der Waals surface area contributed by atoms with Crippen LogP contribution >= 0.6 is 0 Å².